The molecular formula is C12H14N2O6S. The summed E-state index contributed by atoms with van der Waals surface area (Å²) in [6, 6.07) is 7.40. The maximum atomic E-state index is 11.8. The molecule has 9 heteroatoms. The number of benzene rings is 1. The summed E-state index contributed by atoms with van der Waals surface area (Å²) in [5.74, 6) is -1.10. The second-order valence-electron chi connectivity index (χ2n) is 4.61. The maximum Gasteiger partial charge on any atom is 0.418 e. The molecule has 0 bridgehead atoms. The Labute approximate surface area is 121 Å². The van der Waals surface area contributed by atoms with Gasteiger partial charge in [-0.3, -0.25) is 14.1 Å². The number of hydrogen-bond donors (Lipinski definition) is 2. The molecule has 1 aromatic rings. The number of hydroxylamine groups is 2. The van der Waals surface area contributed by atoms with E-state index in [0.29, 0.717) is 5.06 Å². The van der Waals surface area contributed by atoms with Gasteiger partial charge in [0.05, 0.1) is 12.5 Å². The fraction of sp³-hybridized carbons (Fsp3) is 0.333. The topological polar surface area (TPSA) is 113 Å². The highest BCUT2D eigenvalue weighted by Gasteiger charge is 2.48. The molecule has 2 unspecified atom stereocenters. The van der Waals surface area contributed by atoms with Gasteiger partial charge in [0.2, 0.25) is 5.91 Å². The first-order valence-electron chi connectivity index (χ1n) is 6.11. The van der Waals surface area contributed by atoms with Crippen molar-refractivity contribution < 1.29 is 26.8 Å². The van der Waals surface area contributed by atoms with Crippen LogP contribution in [0.15, 0.2) is 30.3 Å². The van der Waals surface area contributed by atoms with E-state index in [0.717, 1.165) is 5.56 Å². The lowest BCUT2D eigenvalue weighted by Gasteiger charge is -2.42. The molecule has 2 amide bonds. The highest BCUT2D eigenvalue weighted by atomic mass is 32.3. The highest BCUT2D eigenvalue weighted by Crippen LogP contribution is 2.21. The van der Waals surface area contributed by atoms with E-state index in [1.165, 1.54) is 6.92 Å². The minimum atomic E-state index is -4.76. The van der Waals surface area contributed by atoms with Crippen LogP contribution in [0.3, 0.4) is 0 Å². The number of carbonyl (C=O) groups is 2. The minimum Gasteiger partial charge on any atom is -0.342 e. The zero-order valence-corrected chi connectivity index (χ0v) is 11.9. The summed E-state index contributed by atoms with van der Waals surface area (Å²) >= 11 is 0. The average molecular weight is 314 g/mol. The van der Waals surface area contributed by atoms with E-state index in [-0.39, 0.29) is 12.3 Å². The van der Waals surface area contributed by atoms with Gasteiger partial charge in [0, 0.05) is 0 Å². The molecule has 1 aromatic carbocycles. The fourth-order valence-corrected chi connectivity index (χ4v) is 2.40. The van der Waals surface area contributed by atoms with Crippen LogP contribution in [-0.2, 0) is 30.7 Å². The molecule has 1 aliphatic rings. The van der Waals surface area contributed by atoms with Crippen molar-refractivity contribution in [1.82, 2.24) is 10.4 Å². The summed E-state index contributed by atoms with van der Waals surface area (Å²) in [5, 5.41) is 3.00. The summed E-state index contributed by atoms with van der Waals surface area (Å²) in [6.45, 7) is 1.49. The van der Waals surface area contributed by atoms with Crippen molar-refractivity contribution in [3.63, 3.8) is 0 Å². The highest BCUT2D eigenvalue weighted by molar-refractivity contribution is 7.80. The molecule has 1 aliphatic heterocycles. The van der Waals surface area contributed by atoms with Crippen LogP contribution in [0.4, 0.5) is 0 Å². The molecule has 2 atom stereocenters. The maximum absolute atomic E-state index is 11.8. The van der Waals surface area contributed by atoms with Gasteiger partial charge in [-0.25, -0.2) is 0 Å². The van der Waals surface area contributed by atoms with Gasteiger partial charge in [0.1, 0.15) is 6.04 Å². The normalized spacial score (nSPS) is 21.8. The van der Waals surface area contributed by atoms with Gasteiger partial charge in [0.15, 0.2) is 0 Å². The lowest BCUT2D eigenvalue weighted by atomic mass is 10.00. The van der Waals surface area contributed by atoms with E-state index in [1.54, 1.807) is 24.3 Å². The van der Waals surface area contributed by atoms with Crippen LogP contribution in [0.2, 0.25) is 0 Å². The summed E-state index contributed by atoms with van der Waals surface area (Å²) in [4.78, 5) is 23.5. The van der Waals surface area contributed by atoms with Crippen molar-refractivity contribution in [1.29, 1.82) is 0 Å². The SMILES string of the molecule is CC1C(NC(=O)Cc2ccccc2)C(=O)N1OS(=O)(=O)O. The third-order valence-corrected chi connectivity index (χ3v) is 3.38. The minimum absolute atomic E-state index is 0.108. The van der Waals surface area contributed by atoms with Gasteiger partial charge in [-0.2, -0.15) is 13.5 Å². The Hall–Kier alpha value is -1.97. The van der Waals surface area contributed by atoms with E-state index < -0.39 is 28.4 Å². The molecule has 1 fully saturated rings. The van der Waals surface area contributed by atoms with Crippen LogP contribution in [0.5, 0.6) is 0 Å². The second-order valence-corrected chi connectivity index (χ2v) is 5.62. The van der Waals surface area contributed by atoms with Gasteiger partial charge in [-0.15, -0.1) is 4.28 Å². The molecule has 8 nitrogen and oxygen atoms in total. The van der Waals surface area contributed by atoms with E-state index in [2.05, 4.69) is 9.60 Å². The summed E-state index contributed by atoms with van der Waals surface area (Å²) in [6.07, 6.45) is 0.108. The van der Waals surface area contributed by atoms with E-state index in [9.17, 15) is 18.0 Å². The molecule has 0 aromatic heterocycles. The number of hydrogen-bond acceptors (Lipinski definition) is 5. The van der Waals surface area contributed by atoms with Crippen molar-refractivity contribution in [3.05, 3.63) is 35.9 Å². The Kier molecular flexibility index (Phi) is 4.26. The number of nitrogens with one attached hydrogen (secondary N) is 1. The predicted octanol–water partition coefficient (Wildman–Crippen LogP) is -0.321. The number of rotatable bonds is 5. The molecule has 2 N–H and O–H groups in total. The summed E-state index contributed by atoms with van der Waals surface area (Å²) in [7, 11) is -4.76. The smallest absolute Gasteiger partial charge is 0.342 e. The molecule has 1 heterocycles. The number of amides is 2. The van der Waals surface area contributed by atoms with E-state index in [4.69, 9.17) is 4.55 Å². The molecule has 114 valence electrons. The Morgan fingerprint density at radius 2 is 2.00 bits per heavy atom. The third kappa shape index (κ3) is 3.78. The first kappa shape index (κ1) is 15.4. The standard InChI is InChI=1S/C12H14N2O6S/c1-8-11(12(16)14(8)20-21(17,18)19)13-10(15)7-9-5-3-2-4-6-9/h2-6,8,11H,7H2,1H3,(H,13,15)(H,17,18,19). The molecule has 0 saturated carbocycles. The van der Waals surface area contributed by atoms with Crippen LogP contribution in [0, 0.1) is 0 Å². The van der Waals surface area contributed by atoms with Crippen molar-refractivity contribution in [2.24, 2.45) is 0 Å². The van der Waals surface area contributed by atoms with Gasteiger partial charge in [-0.05, 0) is 12.5 Å². The second kappa shape index (κ2) is 5.80. The Balaban J connectivity index is 1.90. The molecular weight excluding hydrogens is 300 g/mol. The zero-order chi connectivity index (χ0) is 15.6. The van der Waals surface area contributed by atoms with Gasteiger partial charge < -0.3 is 5.32 Å². The van der Waals surface area contributed by atoms with Crippen LogP contribution in [0.25, 0.3) is 0 Å². The zero-order valence-electron chi connectivity index (χ0n) is 11.1. The number of β-lactam (4-membered cyclic amide) rings is 1. The summed E-state index contributed by atoms with van der Waals surface area (Å²) < 4.78 is 33.7. The molecule has 2 rings (SSSR count). The first-order chi connectivity index (χ1) is 9.78. The number of nitrogens with zero attached hydrogens (tertiary/aromatic N) is 1. The van der Waals surface area contributed by atoms with Gasteiger partial charge in [0.25, 0.3) is 5.91 Å². The van der Waals surface area contributed by atoms with Crippen molar-refractivity contribution >= 4 is 22.2 Å². The van der Waals surface area contributed by atoms with Gasteiger partial charge >= 0.3 is 10.4 Å². The average Bonchev–Trinajstić information content (AvgIpc) is 2.42. The monoisotopic (exact) mass is 314 g/mol. The predicted molar refractivity (Wildman–Crippen MR) is 71.0 cm³/mol. The fourth-order valence-electron chi connectivity index (χ4n) is 1.99. The van der Waals surface area contributed by atoms with Crippen molar-refractivity contribution in [2.75, 3.05) is 0 Å². The van der Waals surface area contributed by atoms with E-state index in [1.807, 2.05) is 6.07 Å². The Morgan fingerprint density at radius 3 is 2.52 bits per heavy atom. The first-order valence-corrected chi connectivity index (χ1v) is 7.48. The molecule has 0 spiro atoms. The van der Waals surface area contributed by atoms with Crippen molar-refractivity contribution in [3.8, 4) is 0 Å². The summed E-state index contributed by atoms with van der Waals surface area (Å²) in [5.41, 5.74) is 0.792. The lowest BCUT2D eigenvalue weighted by molar-refractivity contribution is -0.196. The van der Waals surface area contributed by atoms with Crippen LogP contribution in [0.1, 0.15) is 12.5 Å². The number of carbonyl (C=O) groups excluding carboxylic acids is 2. The molecule has 0 aliphatic carbocycles. The van der Waals surface area contributed by atoms with Gasteiger partial charge in [-0.1, -0.05) is 30.3 Å². The Bertz CT molecular complexity index is 645. The Morgan fingerprint density at radius 1 is 1.38 bits per heavy atom. The van der Waals surface area contributed by atoms with Crippen LogP contribution < -0.4 is 5.32 Å². The lowest BCUT2D eigenvalue weighted by Crippen LogP contribution is -2.69. The van der Waals surface area contributed by atoms with Crippen molar-refractivity contribution in [2.45, 2.75) is 25.4 Å². The molecule has 1 saturated heterocycles. The largest absolute Gasteiger partial charge is 0.418 e. The quantitative estimate of drug-likeness (QED) is 0.569. The molecule has 0 radical (unpaired) electrons. The van der Waals surface area contributed by atoms with Crippen LogP contribution in [-0.4, -0.2) is 41.9 Å². The van der Waals surface area contributed by atoms with E-state index >= 15 is 0 Å². The van der Waals surface area contributed by atoms with Crippen LogP contribution >= 0.6 is 0 Å². The molecule has 21 heavy (non-hydrogen) atoms. The third-order valence-electron chi connectivity index (χ3n) is 3.03.